The van der Waals surface area contributed by atoms with Crippen LogP contribution in [0.2, 0.25) is 0 Å². The van der Waals surface area contributed by atoms with Gasteiger partial charge in [0, 0.05) is 32.7 Å². The fourth-order valence-electron chi connectivity index (χ4n) is 3.08. The van der Waals surface area contributed by atoms with Crippen LogP contribution >= 0.6 is 0 Å². The van der Waals surface area contributed by atoms with Gasteiger partial charge in [0.05, 0.1) is 0 Å². The molecular formula is C14H25N3O3. The molecule has 0 aromatic heterocycles. The maximum absolute atomic E-state index is 12.5. The van der Waals surface area contributed by atoms with E-state index < -0.39 is 12.0 Å². The second kappa shape index (κ2) is 6.92. The van der Waals surface area contributed by atoms with Crippen molar-refractivity contribution in [2.75, 3.05) is 39.3 Å². The highest BCUT2D eigenvalue weighted by atomic mass is 16.4. The Hall–Kier alpha value is -1.30. The standard InChI is InChI=1S/C14H25N3O3/c1-2-6-15-8-10-16(11-9-15)14(20)17-7-4-3-5-12(17)13(18)19/h12H,2-11H2,1H3,(H,18,19). The van der Waals surface area contributed by atoms with E-state index in [4.69, 9.17) is 0 Å². The van der Waals surface area contributed by atoms with Gasteiger partial charge in [0.15, 0.2) is 0 Å². The topological polar surface area (TPSA) is 64.1 Å². The first-order valence-corrected chi connectivity index (χ1v) is 7.64. The summed E-state index contributed by atoms with van der Waals surface area (Å²) in [5, 5.41) is 9.25. The summed E-state index contributed by atoms with van der Waals surface area (Å²) in [7, 11) is 0. The minimum absolute atomic E-state index is 0.0896. The summed E-state index contributed by atoms with van der Waals surface area (Å²) in [5.74, 6) is -0.873. The highest BCUT2D eigenvalue weighted by Crippen LogP contribution is 2.19. The lowest BCUT2D eigenvalue weighted by molar-refractivity contribution is -0.143. The lowest BCUT2D eigenvalue weighted by atomic mass is 10.0. The Morgan fingerprint density at radius 2 is 1.80 bits per heavy atom. The van der Waals surface area contributed by atoms with Crippen LogP contribution in [0, 0.1) is 0 Å². The fraction of sp³-hybridized carbons (Fsp3) is 0.857. The van der Waals surface area contributed by atoms with E-state index in [1.54, 1.807) is 4.90 Å². The zero-order valence-corrected chi connectivity index (χ0v) is 12.3. The summed E-state index contributed by atoms with van der Waals surface area (Å²) < 4.78 is 0. The molecule has 2 rings (SSSR count). The van der Waals surface area contributed by atoms with Gasteiger partial charge in [0.2, 0.25) is 0 Å². The second-order valence-electron chi connectivity index (χ2n) is 5.65. The smallest absolute Gasteiger partial charge is 0.326 e. The minimum atomic E-state index is -0.873. The molecule has 6 nitrogen and oxygen atoms in total. The number of carbonyl (C=O) groups excluding carboxylic acids is 1. The first-order chi connectivity index (χ1) is 9.63. The molecule has 2 aliphatic rings. The first-order valence-electron chi connectivity index (χ1n) is 7.64. The van der Waals surface area contributed by atoms with Crippen LogP contribution in [-0.4, -0.2) is 77.1 Å². The molecule has 0 radical (unpaired) electrons. The molecule has 1 N–H and O–H groups in total. The number of likely N-dealkylation sites (tertiary alicyclic amines) is 1. The Morgan fingerprint density at radius 1 is 1.10 bits per heavy atom. The van der Waals surface area contributed by atoms with Crippen LogP contribution in [-0.2, 0) is 4.79 Å². The molecule has 20 heavy (non-hydrogen) atoms. The number of carboxylic acid groups (broad SMARTS) is 1. The van der Waals surface area contributed by atoms with Gasteiger partial charge in [-0.25, -0.2) is 9.59 Å². The van der Waals surface area contributed by atoms with Crippen LogP contribution in [0.3, 0.4) is 0 Å². The minimum Gasteiger partial charge on any atom is -0.480 e. The Balaban J connectivity index is 1.92. The molecule has 2 heterocycles. The molecule has 0 aromatic rings. The van der Waals surface area contributed by atoms with Gasteiger partial charge in [-0.3, -0.25) is 4.90 Å². The number of urea groups is 1. The third-order valence-corrected chi connectivity index (χ3v) is 4.22. The highest BCUT2D eigenvalue weighted by Gasteiger charge is 2.35. The van der Waals surface area contributed by atoms with Crippen molar-refractivity contribution in [1.82, 2.24) is 14.7 Å². The monoisotopic (exact) mass is 283 g/mol. The summed E-state index contributed by atoms with van der Waals surface area (Å²) in [6, 6.07) is -0.724. The second-order valence-corrected chi connectivity index (χ2v) is 5.65. The van der Waals surface area contributed by atoms with E-state index >= 15 is 0 Å². The quantitative estimate of drug-likeness (QED) is 0.841. The normalized spacial score (nSPS) is 24.8. The predicted molar refractivity (Wildman–Crippen MR) is 75.7 cm³/mol. The molecule has 0 spiro atoms. The Bertz CT molecular complexity index is 354. The number of hydrogen-bond acceptors (Lipinski definition) is 3. The average Bonchev–Trinajstić information content (AvgIpc) is 2.47. The van der Waals surface area contributed by atoms with E-state index in [1.807, 2.05) is 4.90 Å². The number of piperazine rings is 1. The van der Waals surface area contributed by atoms with Crippen LogP contribution in [0.15, 0.2) is 0 Å². The molecule has 0 bridgehead atoms. The van der Waals surface area contributed by atoms with Crippen molar-refractivity contribution in [2.45, 2.75) is 38.6 Å². The number of carboxylic acids is 1. The molecule has 2 amide bonds. The van der Waals surface area contributed by atoms with Gasteiger partial charge < -0.3 is 14.9 Å². The molecule has 0 aliphatic carbocycles. The summed E-state index contributed by atoms with van der Waals surface area (Å²) >= 11 is 0. The van der Waals surface area contributed by atoms with E-state index in [2.05, 4.69) is 11.8 Å². The molecule has 0 saturated carbocycles. The van der Waals surface area contributed by atoms with E-state index in [0.717, 1.165) is 38.9 Å². The van der Waals surface area contributed by atoms with Gasteiger partial charge in [-0.15, -0.1) is 0 Å². The number of carbonyl (C=O) groups is 2. The summed E-state index contributed by atoms with van der Waals surface area (Å²) in [5.41, 5.74) is 0. The Morgan fingerprint density at radius 3 is 2.40 bits per heavy atom. The summed E-state index contributed by atoms with van der Waals surface area (Å²) in [6.45, 7) is 7.01. The molecule has 1 atom stereocenters. The molecular weight excluding hydrogens is 258 g/mol. The molecule has 2 fully saturated rings. The highest BCUT2D eigenvalue weighted by molar-refractivity contribution is 5.83. The number of aliphatic carboxylic acids is 1. The van der Waals surface area contributed by atoms with Gasteiger partial charge in [-0.2, -0.15) is 0 Å². The third-order valence-electron chi connectivity index (χ3n) is 4.22. The van der Waals surface area contributed by atoms with Gasteiger partial charge in [-0.05, 0) is 32.2 Å². The Kier molecular flexibility index (Phi) is 5.23. The lowest BCUT2D eigenvalue weighted by Gasteiger charge is -2.40. The molecule has 2 saturated heterocycles. The van der Waals surface area contributed by atoms with Gasteiger partial charge in [0.25, 0.3) is 0 Å². The number of amides is 2. The van der Waals surface area contributed by atoms with Crippen molar-refractivity contribution in [3.63, 3.8) is 0 Å². The molecule has 2 aliphatic heterocycles. The number of rotatable bonds is 3. The zero-order chi connectivity index (χ0) is 14.5. The van der Waals surface area contributed by atoms with Crippen molar-refractivity contribution >= 4 is 12.0 Å². The Labute approximate surface area is 120 Å². The predicted octanol–water partition coefficient (Wildman–Crippen LogP) is 1.07. The summed E-state index contributed by atoms with van der Waals surface area (Å²) in [6.07, 6.45) is 3.51. The van der Waals surface area contributed by atoms with Crippen LogP contribution in [0.25, 0.3) is 0 Å². The summed E-state index contributed by atoms with van der Waals surface area (Å²) in [4.78, 5) is 29.5. The van der Waals surface area contributed by atoms with E-state index in [0.29, 0.717) is 26.1 Å². The van der Waals surface area contributed by atoms with Gasteiger partial charge >= 0.3 is 12.0 Å². The maximum Gasteiger partial charge on any atom is 0.326 e. The van der Waals surface area contributed by atoms with Crippen molar-refractivity contribution in [3.05, 3.63) is 0 Å². The number of piperidine rings is 1. The van der Waals surface area contributed by atoms with Gasteiger partial charge in [-0.1, -0.05) is 6.92 Å². The van der Waals surface area contributed by atoms with Crippen LogP contribution in [0.1, 0.15) is 32.6 Å². The molecule has 0 aromatic carbocycles. The first kappa shape index (κ1) is 15.1. The van der Waals surface area contributed by atoms with E-state index in [9.17, 15) is 14.7 Å². The fourth-order valence-corrected chi connectivity index (χ4v) is 3.08. The van der Waals surface area contributed by atoms with Crippen molar-refractivity contribution < 1.29 is 14.7 Å². The van der Waals surface area contributed by atoms with Crippen molar-refractivity contribution in [2.24, 2.45) is 0 Å². The molecule has 1 unspecified atom stereocenters. The van der Waals surface area contributed by atoms with Crippen LogP contribution in [0.4, 0.5) is 4.79 Å². The molecule has 6 heteroatoms. The SMILES string of the molecule is CCCN1CCN(C(=O)N2CCCCC2C(=O)O)CC1. The van der Waals surface area contributed by atoms with Gasteiger partial charge in [0.1, 0.15) is 6.04 Å². The van der Waals surface area contributed by atoms with Crippen molar-refractivity contribution in [1.29, 1.82) is 0 Å². The molecule has 114 valence electrons. The van der Waals surface area contributed by atoms with Crippen LogP contribution in [0.5, 0.6) is 0 Å². The number of nitrogens with zero attached hydrogens (tertiary/aromatic N) is 3. The third kappa shape index (κ3) is 3.42. The average molecular weight is 283 g/mol. The van der Waals surface area contributed by atoms with Crippen molar-refractivity contribution in [3.8, 4) is 0 Å². The van der Waals surface area contributed by atoms with Crippen LogP contribution < -0.4 is 0 Å². The zero-order valence-electron chi connectivity index (χ0n) is 12.3. The number of hydrogen-bond donors (Lipinski definition) is 1. The lowest BCUT2D eigenvalue weighted by Crippen LogP contribution is -2.57. The van der Waals surface area contributed by atoms with E-state index in [1.165, 1.54) is 0 Å². The van der Waals surface area contributed by atoms with E-state index in [-0.39, 0.29) is 6.03 Å². The maximum atomic E-state index is 12.5. The largest absolute Gasteiger partial charge is 0.480 e.